The number of ether oxygens (including phenoxy) is 3. The van der Waals surface area contributed by atoms with Crippen molar-refractivity contribution in [2.24, 2.45) is 0 Å². The lowest BCUT2D eigenvalue weighted by Crippen LogP contribution is -2.45. The summed E-state index contributed by atoms with van der Waals surface area (Å²) in [7, 11) is 1.69. The second kappa shape index (κ2) is 7.88. The fourth-order valence-electron chi connectivity index (χ4n) is 3.48. The van der Waals surface area contributed by atoms with Crippen molar-refractivity contribution < 1.29 is 14.2 Å². The van der Waals surface area contributed by atoms with Gasteiger partial charge >= 0.3 is 0 Å². The Morgan fingerprint density at radius 1 is 1.22 bits per heavy atom. The van der Waals surface area contributed by atoms with Crippen LogP contribution in [-0.4, -0.2) is 45.0 Å². The molecule has 128 valence electrons. The van der Waals surface area contributed by atoms with Gasteiger partial charge in [0.15, 0.2) is 11.5 Å². The first-order valence-electron chi connectivity index (χ1n) is 8.75. The molecule has 1 atom stereocenters. The smallest absolute Gasteiger partial charge is 0.231 e. The summed E-state index contributed by atoms with van der Waals surface area (Å²) >= 11 is 0. The van der Waals surface area contributed by atoms with Crippen LogP contribution in [0.2, 0.25) is 0 Å². The highest BCUT2D eigenvalue weighted by atomic mass is 16.7. The van der Waals surface area contributed by atoms with E-state index in [1.165, 1.54) is 31.2 Å². The van der Waals surface area contributed by atoms with E-state index in [0.717, 1.165) is 43.4 Å². The molecular weight excluding hydrogens is 292 g/mol. The summed E-state index contributed by atoms with van der Waals surface area (Å²) in [6.45, 7) is 6.84. The van der Waals surface area contributed by atoms with E-state index in [1.54, 1.807) is 7.11 Å². The number of nitrogens with one attached hydrogen (secondary N) is 1. The van der Waals surface area contributed by atoms with Gasteiger partial charge < -0.3 is 19.5 Å². The zero-order chi connectivity index (χ0) is 16.1. The molecule has 0 radical (unpaired) electrons. The number of piperazine rings is 1. The van der Waals surface area contributed by atoms with Crippen LogP contribution in [0.15, 0.2) is 12.1 Å². The SMILES string of the molecule is CCCCC[C@@H](c1cc(OC)c2c(c1)OCO2)N1CCNCC1. The molecule has 1 N–H and O–H groups in total. The van der Waals surface area contributed by atoms with Gasteiger partial charge in [0, 0.05) is 32.2 Å². The molecule has 1 aromatic rings. The van der Waals surface area contributed by atoms with Crippen LogP contribution in [0, 0.1) is 0 Å². The van der Waals surface area contributed by atoms with E-state index in [-0.39, 0.29) is 6.79 Å². The van der Waals surface area contributed by atoms with Gasteiger partial charge in [-0.05, 0) is 24.1 Å². The molecule has 5 nitrogen and oxygen atoms in total. The number of methoxy groups -OCH3 is 1. The largest absolute Gasteiger partial charge is 0.493 e. The van der Waals surface area contributed by atoms with E-state index in [9.17, 15) is 0 Å². The highest BCUT2D eigenvalue weighted by molar-refractivity contribution is 5.55. The molecule has 0 aliphatic carbocycles. The topological polar surface area (TPSA) is 43.0 Å². The van der Waals surface area contributed by atoms with Crippen molar-refractivity contribution in [2.45, 2.75) is 38.6 Å². The minimum atomic E-state index is 0.281. The number of fused-ring (bicyclic) bond motifs is 1. The van der Waals surface area contributed by atoms with Gasteiger partial charge in [-0.25, -0.2) is 0 Å². The highest BCUT2D eigenvalue weighted by Crippen LogP contribution is 2.44. The number of hydrogen-bond acceptors (Lipinski definition) is 5. The van der Waals surface area contributed by atoms with Crippen LogP contribution >= 0.6 is 0 Å². The normalized spacial score (nSPS) is 18.9. The third-order valence-electron chi connectivity index (χ3n) is 4.74. The second-order valence-electron chi connectivity index (χ2n) is 6.25. The fourth-order valence-corrected chi connectivity index (χ4v) is 3.48. The van der Waals surface area contributed by atoms with Crippen LogP contribution in [0.5, 0.6) is 17.2 Å². The van der Waals surface area contributed by atoms with Gasteiger partial charge in [-0.1, -0.05) is 26.2 Å². The summed E-state index contributed by atoms with van der Waals surface area (Å²) in [6, 6.07) is 4.70. The van der Waals surface area contributed by atoms with Crippen molar-refractivity contribution in [3.63, 3.8) is 0 Å². The predicted octanol–water partition coefficient (Wildman–Crippen LogP) is 2.95. The van der Waals surface area contributed by atoms with Crippen LogP contribution in [0.25, 0.3) is 0 Å². The van der Waals surface area contributed by atoms with Gasteiger partial charge in [-0.15, -0.1) is 0 Å². The standard InChI is InChI=1S/C18H28N2O3/c1-3-4-5-6-15(20-9-7-19-8-10-20)14-11-16(21-2)18-17(12-14)22-13-23-18/h11-12,15,19H,3-10,13H2,1-2H3/t15-/m0/s1. The first kappa shape index (κ1) is 16.4. The van der Waals surface area contributed by atoms with Gasteiger partial charge in [-0.2, -0.15) is 0 Å². The number of nitrogens with zero attached hydrogens (tertiary/aromatic N) is 1. The lowest BCUT2D eigenvalue weighted by molar-refractivity contribution is 0.162. The first-order chi connectivity index (χ1) is 11.3. The molecule has 2 aliphatic heterocycles. The molecule has 1 aromatic carbocycles. The third-order valence-corrected chi connectivity index (χ3v) is 4.74. The number of hydrogen-bond donors (Lipinski definition) is 1. The van der Waals surface area contributed by atoms with E-state index in [2.05, 4.69) is 29.3 Å². The zero-order valence-electron chi connectivity index (χ0n) is 14.3. The molecule has 0 aromatic heterocycles. The van der Waals surface area contributed by atoms with Gasteiger partial charge in [-0.3, -0.25) is 4.90 Å². The van der Waals surface area contributed by atoms with Crippen molar-refractivity contribution in [1.29, 1.82) is 0 Å². The zero-order valence-corrected chi connectivity index (χ0v) is 14.3. The lowest BCUT2D eigenvalue weighted by atomic mass is 9.97. The van der Waals surface area contributed by atoms with E-state index < -0.39 is 0 Å². The Hall–Kier alpha value is -1.46. The summed E-state index contributed by atoms with van der Waals surface area (Å²) in [5.74, 6) is 2.34. The molecule has 0 saturated carbocycles. The Morgan fingerprint density at radius 3 is 2.78 bits per heavy atom. The Kier molecular flexibility index (Phi) is 5.62. The van der Waals surface area contributed by atoms with Gasteiger partial charge in [0.1, 0.15) is 0 Å². The van der Waals surface area contributed by atoms with E-state index >= 15 is 0 Å². The fraction of sp³-hybridized carbons (Fsp3) is 0.667. The first-order valence-corrected chi connectivity index (χ1v) is 8.75. The lowest BCUT2D eigenvalue weighted by Gasteiger charge is -2.35. The van der Waals surface area contributed by atoms with Gasteiger partial charge in [0.2, 0.25) is 12.5 Å². The Morgan fingerprint density at radius 2 is 2.04 bits per heavy atom. The molecule has 5 heteroatoms. The van der Waals surface area contributed by atoms with Crippen molar-refractivity contribution in [3.05, 3.63) is 17.7 Å². The molecule has 1 fully saturated rings. The average Bonchev–Trinajstić information content (AvgIpc) is 3.07. The highest BCUT2D eigenvalue weighted by Gasteiger charge is 2.26. The van der Waals surface area contributed by atoms with Crippen LogP contribution in [-0.2, 0) is 0 Å². The molecule has 2 aliphatic rings. The van der Waals surface area contributed by atoms with Crippen LogP contribution < -0.4 is 19.5 Å². The minimum Gasteiger partial charge on any atom is -0.493 e. The summed E-state index contributed by atoms with van der Waals surface area (Å²) in [5, 5.41) is 3.44. The number of benzene rings is 1. The van der Waals surface area contributed by atoms with Crippen molar-refractivity contribution >= 4 is 0 Å². The molecule has 0 spiro atoms. The molecule has 0 amide bonds. The third kappa shape index (κ3) is 3.72. The predicted molar refractivity (Wildman–Crippen MR) is 90.4 cm³/mol. The summed E-state index contributed by atoms with van der Waals surface area (Å²) < 4.78 is 16.7. The monoisotopic (exact) mass is 320 g/mol. The molecule has 0 unspecified atom stereocenters. The van der Waals surface area contributed by atoms with E-state index in [1.807, 2.05) is 0 Å². The average molecular weight is 320 g/mol. The van der Waals surface area contributed by atoms with Crippen LogP contribution in [0.3, 0.4) is 0 Å². The summed E-state index contributed by atoms with van der Waals surface area (Å²) in [5.41, 5.74) is 1.28. The van der Waals surface area contributed by atoms with Gasteiger partial charge in [0.05, 0.1) is 7.11 Å². The molecule has 1 saturated heterocycles. The van der Waals surface area contributed by atoms with Gasteiger partial charge in [0.25, 0.3) is 0 Å². The molecular formula is C18H28N2O3. The summed E-state index contributed by atoms with van der Waals surface area (Å²) in [4.78, 5) is 2.59. The molecule has 2 heterocycles. The Balaban J connectivity index is 1.85. The van der Waals surface area contributed by atoms with Crippen molar-refractivity contribution in [2.75, 3.05) is 40.1 Å². The number of unbranched alkanes of at least 4 members (excludes halogenated alkanes) is 2. The van der Waals surface area contributed by atoms with E-state index in [4.69, 9.17) is 14.2 Å². The Bertz CT molecular complexity index is 515. The number of rotatable bonds is 7. The maximum Gasteiger partial charge on any atom is 0.231 e. The minimum absolute atomic E-state index is 0.281. The summed E-state index contributed by atoms with van der Waals surface area (Å²) in [6.07, 6.45) is 4.96. The maximum atomic E-state index is 5.61. The molecule has 3 rings (SSSR count). The van der Waals surface area contributed by atoms with Crippen LogP contribution in [0.1, 0.15) is 44.2 Å². The quantitative estimate of drug-likeness (QED) is 0.783. The molecule has 0 bridgehead atoms. The second-order valence-corrected chi connectivity index (χ2v) is 6.25. The van der Waals surface area contributed by atoms with Crippen LogP contribution in [0.4, 0.5) is 0 Å². The maximum absolute atomic E-state index is 5.61. The van der Waals surface area contributed by atoms with E-state index in [0.29, 0.717) is 6.04 Å². The Labute approximate surface area is 138 Å². The van der Waals surface area contributed by atoms with Crippen molar-refractivity contribution in [3.8, 4) is 17.2 Å². The van der Waals surface area contributed by atoms with Crippen molar-refractivity contribution in [1.82, 2.24) is 10.2 Å². The molecule has 23 heavy (non-hydrogen) atoms.